The van der Waals surface area contributed by atoms with Crippen LogP contribution < -0.4 is 4.74 Å². The van der Waals surface area contributed by atoms with E-state index in [0.29, 0.717) is 26.1 Å². The molecule has 2 fully saturated rings. The van der Waals surface area contributed by atoms with Gasteiger partial charge in [0.25, 0.3) is 0 Å². The first-order chi connectivity index (χ1) is 13.6. The Hall–Kier alpha value is -2.18. The molecule has 1 aromatic carbocycles. The molecule has 0 unspecified atom stereocenters. The zero-order valence-corrected chi connectivity index (χ0v) is 16.2. The lowest BCUT2D eigenvalue weighted by molar-refractivity contribution is -0.137. The highest BCUT2D eigenvalue weighted by Gasteiger charge is 2.46. The van der Waals surface area contributed by atoms with Crippen LogP contribution in [0.15, 0.2) is 42.5 Å². The number of carbonyl (C=O) groups excluding carboxylic acids is 1. The quantitative estimate of drug-likeness (QED) is 0.519. The second-order valence-corrected chi connectivity index (χ2v) is 7.39. The normalized spacial score (nSPS) is 26.0. The Morgan fingerprint density at radius 2 is 1.96 bits per heavy atom. The van der Waals surface area contributed by atoms with Gasteiger partial charge in [-0.25, -0.2) is 0 Å². The van der Waals surface area contributed by atoms with Crippen molar-refractivity contribution in [2.75, 3.05) is 26.3 Å². The van der Waals surface area contributed by atoms with E-state index in [2.05, 4.69) is 11.0 Å². The molecule has 1 heterocycles. The Labute approximate surface area is 166 Å². The Balaban J connectivity index is 1.66. The van der Waals surface area contributed by atoms with Gasteiger partial charge in [-0.2, -0.15) is 0 Å². The Morgan fingerprint density at radius 1 is 1.21 bits per heavy atom. The molecule has 1 aromatic rings. The predicted octanol–water partition coefficient (Wildman–Crippen LogP) is 2.93. The van der Waals surface area contributed by atoms with Gasteiger partial charge in [-0.3, -0.25) is 14.5 Å². The van der Waals surface area contributed by atoms with Crippen LogP contribution >= 0.6 is 0 Å². The van der Waals surface area contributed by atoms with E-state index in [1.54, 1.807) is 0 Å². The van der Waals surface area contributed by atoms with E-state index < -0.39 is 5.97 Å². The summed E-state index contributed by atoms with van der Waals surface area (Å²) < 4.78 is 11.6. The predicted molar refractivity (Wildman–Crippen MR) is 105 cm³/mol. The number of rotatable bonds is 9. The van der Waals surface area contributed by atoms with Gasteiger partial charge in [-0.05, 0) is 31.4 Å². The summed E-state index contributed by atoms with van der Waals surface area (Å²) in [5.41, 5.74) is 0. The first kappa shape index (κ1) is 20.6. The highest BCUT2D eigenvalue weighted by Crippen LogP contribution is 2.34. The molecule has 1 aliphatic carbocycles. The highest BCUT2D eigenvalue weighted by molar-refractivity contribution is 5.87. The van der Waals surface area contributed by atoms with Crippen LogP contribution in [0, 0.1) is 5.92 Å². The lowest BCUT2D eigenvalue weighted by Gasteiger charge is -2.35. The van der Waals surface area contributed by atoms with Crippen molar-refractivity contribution in [3.63, 3.8) is 0 Å². The highest BCUT2D eigenvalue weighted by atomic mass is 16.5. The Bertz CT molecular complexity index is 669. The maximum atomic E-state index is 12.8. The number of ketones is 1. The van der Waals surface area contributed by atoms with Gasteiger partial charge in [0, 0.05) is 31.8 Å². The lowest BCUT2D eigenvalue weighted by Crippen LogP contribution is -2.49. The number of nitrogens with zero attached hydrogens (tertiary/aromatic N) is 1. The largest absolute Gasteiger partial charge is 0.490 e. The Morgan fingerprint density at radius 3 is 2.68 bits per heavy atom. The fourth-order valence-corrected chi connectivity index (χ4v) is 4.07. The van der Waals surface area contributed by atoms with Crippen molar-refractivity contribution in [2.45, 2.75) is 44.2 Å². The number of ether oxygens (including phenoxy) is 2. The molecule has 2 aliphatic rings. The number of unbranched alkanes of at least 4 members (excludes halogenated alkanes) is 1. The molecule has 1 N–H and O–H groups in total. The molecule has 1 saturated heterocycles. The molecule has 0 spiro atoms. The molecule has 6 nitrogen and oxygen atoms in total. The third-order valence-corrected chi connectivity index (χ3v) is 5.42. The van der Waals surface area contributed by atoms with E-state index >= 15 is 0 Å². The third-order valence-electron chi connectivity index (χ3n) is 5.42. The molecular formula is C22H29NO5. The van der Waals surface area contributed by atoms with Gasteiger partial charge in [-0.1, -0.05) is 30.4 Å². The number of hydrogen-bond acceptors (Lipinski definition) is 5. The van der Waals surface area contributed by atoms with Crippen LogP contribution in [0.5, 0.6) is 5.75 Å². The molecule has 3 rings (SSSR count). The number of allylic oxidation sites excluding steroid dienone is 2. The second kappa shape index (κ2) is 10.4. The molecule has 1 aliphatic heterocycles. The summed E-state index contributed by atoms with van der Waals surface area (Å²) in [6, 6.07) is 9.52. The van der Waals surface area contributed by atoms with Crippen LogP contribution in [0.25, 0.3) is 0 Å². The summed E-state index contributed by atoms with van der Waals surface area (Å²) in [5, 5.41) is 8.73. The van der Waals surface area contributed by atoms with Gasteiger partial charge in [-0.15, -0.1) is 0 Å². The van der Waals surface area contributed by atoms with E-state index in [1.165, 1.54) is 0 Å². The molecule has 0 amide bonds. The summed E-state index contributed by atoms with van der Waals surface area (Å²) in [4.78, 5) is 25.7. The van der Waals surface area contributed by atoms with Crippen molar-refractivity contribution in [3.05, 3.63) is 42.5 Å². The topological polar surface area (TPSA) is 76.1 Å². The molecular weight excluding hydrogens is 358 g/mol. The van der Waals surface area contributed by atoms with Crippen LogP contribution in [0.2, 0.25) is 0 Å². The molecule has 0 bridgehead atoms. The van der Waals surface area contributed by atoms with Crippen LogP contribution in [0.3, 0.4) is 0 Å². The minimum atomic E-state index is -0.765. The molecule has 3 atom stereocenters. The number of hydrogen-bond donors (Lipinski definition) is 1. The zero-order valence-electron chi connectivity index (χ0n) is 16.2. The number of benzene rings is 1. The number of morpholine rings is 1. The number of aliphatic carboxylic acids is 1. The monoisotopic (exact) mass is 387 g/mol. The molecule has 6 heteroatoms. The molecule has 28 heavy (non-hydrogen) atoms. The summed E-state index contributed by atoms with van der Waals surface area (Å²) in [6.45, 7) is 2.86. The number of carboxylic acid groups (broad SMARTS) is 1. The van der Waals surface area contributed by atoms with Crippen molar-refractivity contribution < 1.29 is 24.2 Å². The van der Waals surface area contributed by atoms with E-state index in [9.17, 15) is 9.59 Å². The van der Waals surface area contributed by atoms with Crippen LogP contribution in [0.1, 0.15) is 32.1 Å². The first-order valence-corrected chi connectivity index (χ1v) is 10.1. The average Bonchev–Trinajstić information content (AvgIpc) is 3.00. The standard InChI is InChI=1S/C22H29NO5/c24-19-16-20(28-17-8-4-3-5-9-17)18(10-6-1-2-7-11-21(25)26)22(19)23-12-14-27-15-13-23/h1,3-6,8-9,18,20,22H,2,7,10-16H2,(H,25,26)/b6-1-/t18-,20-,22+/m0/s1. The second-order valence-electron chi connectivity index (χ2n) is 7.39. The summed E-state index contributed by atoms with van der Waals surface area (Å²) >= 11 is 0. The fraction of sp³-hybridized carbons (Fsp3) is 0.545. The van der Waals surface area contributed by atoms with E-state index in [1.807, 2.05) is 36.4 Å². The van der Waals surface area contributed by atoms with Gasteiger partial charge < -0.3 is 14.6 Å². The number of para-hydroxylation sites is 1. The minimum Gasteiger partial charge on any atom is -0.490 e. The van der Waals surface area contributed by atoms with Gasteiger partial charge in [0.2, 0.25) is 0 Å². The van der Waals surface area contributed by atoms with Gasteiger partial charge in [0.05, 0.1) is 19.3 Å². The summed E-state index contributed by atoms with van der Waals surface area (Å²) in [6.07, 6.45) is 6.69. The van der Waals surface area contributed by atoms with E-state index in [4.69, 9.17) is 14.6 Å². The number of carbonyl (C=O) groups is 2. The maximum Gasteiger partial charge on any atom is 0.303 e. The summed E-state index contributed by atoms with van der Waals surface area (Å²) in [7, 11) is 0. The van der Waals surface area contributed by atoms with Gasteiger partial charge in [0.1, 0.15) is 11.9 Å². The van der Waals surface area contributed by atoms with E-state index in [-0.39, 0.29) is 30.3 Å². The van der Waals surface area contributed by atoms with E-state index in [0.717, 1.165) is 31.7 Å². The molecule has 1 saturated carbocycles. The lowest BCUT2D eigenvalue weighted by atomic mass is 9.95. The van der Waals surface area contributed by atoms with Crippen molar-refractivity contribution in [1.82, 2.24) is 4.90 Å². The number of Topliss-reactive ketones (excluding diaryl/α,β-unsaturated/α-hetero) is 1. The van der Waals surface area contributed by atoms with Crippen molar-refractivity contribution in [1.29, 1.82) is 0 Å². The average molecular weight is 387 g/mol. The van der Waals surface area contributed by atoms with Gasteiger partial charge in [0.15, 0.2) is 5.78 Å². The minimum absolute atomic E-state index is 0.0847. The third kappa shape index (κ3) is 5.66. The van der Waals surface area contributed by atoms with Crippen LogP contribution in [0.4, 0.5) is 0 Å². The molecule has 152 valence electrons. The van der Waals surface area contributed by atoms with Crippen molar-refractivity contribution in [2.24, 2.45) is 5.92 Å². The number of carboxylic acids is 1. The maximum absolute atomic E-state index is 12.8. The zero-order chi connectivity index (χ0) is 19.8. The van der Waals surface area contributed by atoms with Crippen molar-refractivity contribution in [3.8, 4) is 5.75 Å². The smallest absolute Gasteiger partial charge is 0.303 e. The molecule has 0 aromatic heterocycles. The molecule has 0 radical (unpaired) electrons. The van der Waals surface area contributed by atoms with Crippen LogP contribution in [-0.2, 0) is 14.3 Å². The SMILES string of the molecule is O=C(O)CCC/C=C\C[C@H]1[C@@H](Oc2ccccc2)CC(=O)[C@@H]1N1CCOCC1. The first-order valence-electron chi connectivity index (χ1n) is 10.1. The summed E-state index contributed by atoms with van der Waals surface area (Å²) in [5.74, 6) is 0.352. The van der Waals surface area contributed by atoms with Crippen LogP contribution in [-0.4, -0.2) is 60.2 Å². The van der Waals surface area contributed by atoms with Gasteiger partial charge >= 0.3 is 5.97 Å². The fourth-order valence-electron chi connectivity index (χ4n) is 4.07. The van der Waals surface area contributed by atoms with Crippen molar-refractivity contribution >= 4 is 11.8 Å². The Kier molecular flexibility index (Phi) is 7.62.